The van der Waals surface area contributed by atoms with E-state index in [1.807, 2.05) is 0 Å². The number of nitro benzene ring substituents is 1. The molecule has 7 nitrogen and oxygen atoms in total. The van der Waals surface area contributed by atoms with E-state index in [9.17, 15) is 28.5 Å². The van der Waals surface area contributed by atoms with Crippen molar-refractivity contribution in [3.8, 4) is 0 Å². The van der Waals surface area contributed by atoms with Crippen LogP contribution in [0.5, 0.6) is 0 Å². The van der Waals surface area contributed by atoms with Gasteiger partial charge >= 0.3 is 5.69 Å². The van der Waals surface area contributed by atoms with Gasteiger partial charge in [0.1, 0.15) is 5.82 Å². The van der Waals surface area contributed by atoms with E-state index in [4.69, 9.17) is 0 Å². The van der Waals surface area contributed by atoms with E-state index < -0.39 is 39.6 Å². The first-order valence-corrected chi connectivity index (χ1v) is 5.95. The van der Waals surface area contributed by atoms with Crippen LogP contribution >= 0.6 is 0 Å². The van der Waals surface area contributed by atoms with E-state index >= 15 is 0 Å². The minimum absolute atomic E-state index is 0.0516. The summed E-state index contributed by atoms with van der Waals surface area (Å²) in [6.07, 6.45) is 0. The average molecular weight is 301 g/mol. The predicted molar refractivity (Wildman–Crippen MR) is 68.7 cm³/mol. The van der Waals surface area contributed by atoms with Crippen molar-refractivity contribution in [2.24, 2.45) is 0 Å². The lowest BCUT2D eigenvalue weighted by Crippen LogP contribution is -2.39. The maximum atomic E-state index is 13.9. The van der Waals surface area contributed by atoms with Crippen molar-refractivity contribution in [2.75, 3.05) is 20.1 Å². The fourth-order valence-corrected chi connectivity index (χ4v) is 1.61. The second-order valence-electron chi connectivity index (χ2n) is 4.04. The van der Waals surface area contributed by atoms with Gasteiger partial charge in [-0.2, -0.15) is 4.39 Å². The van der Waals surface area contributed by atoms with Gasteiger partial charge in [-0.15, -0.1) is 0 Å². The Labute approximate surface area is 118 Å². The Hall–Kier alpha value is -2.58. The SMILES string of the molecule is CCN(CC(=O)NC)C(=O)c1cc(F)cc([N+](=O)[O-])c1F. The molecule has 0 aliphatic carbocycles. The molecule has 0 saturated carbocycles. The number of hydrogen-bond acceptors (Lipinski definition) is 4. The quantitative estimate of drug-likeness (QED) is 0.650. The number of likely N-dealkylation sites (N-methyl/N-ethyl adjacent to an activating group) is 2. The van der Waals surface area contributed by atoms with Crippen LogP contribution in [0.4, 0.5) is 14.5 Å². The van der Waals surface area contributed by atoms with E-state index in [0.29, 0.717) is 12.1 Å². The largest absolute Gasteiger partial charge is 0.358 e. The lowest BCUT2D eigenvalue weighted by Gasteiger charge is -2.20. The molecule has 0 fully saturated rings. The monoisotopic (exact) mass is 301 g/mol. The molecule has 0 unspecified atom stereocenters. The van der Waals surface area contributed by atoms with Gasteiger partial charge in [0.2, 0.25) is 11.7 Å². The molecule has 0 aliphatic rings. The number of amides is 2. The Morgan fingerprint density at radius 3 is 2.48 bits per heavy atom. The Balaban J connectivity index is 3.22. The van der Waals surface area contributed by atoms with Gasteiger partial charge in [0.05, 0.1) is 23.1 Å². The van der Waals surface area contributed by atoms with Gasteiger partial charge in [-0.3, -0.25) is 19.7 Å². The molecular weight excluding hydrogens is 288 g/mol. The Kier molecular flexibility index (Phi) is 5.28. The number of hydrogen-bond donors (Lipinski definition) is 1. The summed E-state index contributed by atoms with van der Waals surface area (Å²) < 4.78 is 27.2. The molecule has 1 aromatic carbocycles. The van der Waals surface area contributed by atoms with Gasteiger partial charge in [-0.05, 0) is 13.0 Å². The van der Waals surface area contributed by atoms with Crippen molar-refractivity contribution in [3.05, 3.63) is 39.4 Å². The molecule has 0 aromatic heterocycles. The Morgan fingerprint density at radius 1 is 1.38 bits per heavy atom. The second-order valence-corrected chi connectivity index (χ2v) is 4.04. The molecule has 1 N–H and O–H groups in total. The van der Waals surface area contributed by atoms with Gasteiger partial charge in [0.25, 0.3) is 5.91 Å². The zero-order valence-electron chi connectivity index (χ0n) is 11.4. The molecule has 2 amide bonds. The van der Waals surface area contributed by atoms with E-state index in [1.54, 1.807) is 0 Å². The zero-order valence-corrected chi connectivity index (χ0v) is 11.4. The van der Waals surface area contributed by atoms with E-state index in [1.165, 1.54) is 14.0 Å². The topological polar surface area (TPSA) is 92.6 Å². The molecule has 0 bridgehead atoms. The summed E-state index contributed by atoms with van der Waals surface area (Å²) >= 11 is 0. The molecule has 21 heavy (non-hydrogen) atoms. The number of nitrogens with zero attached hydrogens (tertiary/aromatic N) is 2. The summed E-state index contributed by atoms with van der Waals surface area (Å²) in [5.74, 6) is -4.04. The van der Waals surface area contributed by atoms with Crippen LogP contribution in [0.15, 0.2) is 12.1 Å². The fourth-order valence-electron chi connectivity index (χ4n) is 1.61. The van der Waals surface area contributed by atoms with Crippen molar-refractivity contribution in [3.63, 3.8) is 0 Å². The first-order valence-electron chi connectivity index (χ1n) is 5.95. The molecule has 114 valence electrons. The second kappa shape index (κ2) is 6.73. The van der Waals surface area contributed by atoms with Crippen LogP contribution < -0.4 is 5.32 Å². The molecule has 0 atom stereocenters. The third kappa shape index (κ3) is 3.71. The Bertz CT molecular complexity index is 592. The maximum Gasteiger partial charge on any atom is 0.308 e. The molecule has 0 heterocycles. The summed E-state index contributed by atoms with van der Waals surface area (Å²) in [5, 5.41) is 12.9. The van der Waals surface area contributed by atoms with Crippen molar-refractivity contribution in [2.45, 2.75) is 6.92 Å². The number of benzene rings is 1. The summed E-state index contributed by atoms with van der Waals surface area (Å²) in [7, 11) is 1.36. The van der Waals surface area contributed by atoms with Crippen LogP contribution in [-0.2, 0) is 4.79 Å². The van der Waals surface area contributed by atoms with Crippen LogP contribution in [-0.4, -0.2) is 41.8 Å². The lowest BCUT2D eigenvalue weighted by molar-refractivity contribution is -0.387. The summed E-state index contributed by atoms with van der Waals surface area (Å²) in [4.78, 5) is 33.8. The molecule has 0 spiro atoms. The first-order chi connectivity index (χ1) is 9.81. The van der Waals surface area contributed by atoms with Gasteiger partial charge < -0.3 is 10.2 Å². The average Bonchev–Trinajstić information content (AvgIpc) is 2.45. The highest BCUT2D eigenvalue weighted by molar-refractivity contribution is 5.97. The molecule has 0 radical (unpaired) electrons. The minimum atomic E-state index is -1.43. The number of nitro groups is 1. The van der Waals surface area contributed by atoms with Crippen LogP contribution in [0.2, 0.25) is 0 Å². The first kappa shape index (κ1) is 16.5. The summed E-state index contributed by atoms with van der Waals surface area (Å²) in [6, 6.07) is 0.957. The van der Waals surface area contributed by atoms with Gasteiger partial charge in [-0.1, -0.05) is 0 Å². The zero-order chi connectivity index (χ0) is 16.2. The van der Waals surface area contributed by atoms with E-state index in [0.717, 1.165) is 4.90 Å². The van der Waals surface area contributed by atoms with Crippen molar-refractivity contribution in [1.29, 1.82) is 0 Å². The van der Waals surface area contributed by atoms with Crippen LogP contribution in [0.25, 0.3) is 0 Å². The third-order valence-corrected chi connectivity index (χ3v) is 2.73. The van der Waals surface area contributed by atoms with Crippen molar-refractivity contribution < 1.29 is 23.3 Å². The number of carbonyl (C=O) groups is 2. The van der Waals surface area contributed by atoms with E-state index in [-0.39, 0.29) is 13.1 Å². The molecule has 0 saturated heterocycles. The summed E-state index contributed by atoms with van der Waals surface area (Å²) in [6.45, 7) is 1.22. The van der Waals surface area contributed by atoms with Crippen LogP contribution in [0.3, 0.4) is 0 Å². The predicted octanol–water partition coefficient (Wildman–Crippen LogP) is 1.08. The fraction of sp³-hybridized carbons (Fsp3) is 0.333. The van der Waals surface area contributed by atoms with Gasteiger partial charge in [-0.25, -0.2) is 4.39 Å². The minimum Gasteiger partial charge on any atom is -0.358 e. The molecule has 1 rings (SSSR count). The molecular formula is C12H13F2N3O4. The standard InChI is InChI=1S/C12H13F2N3O4/c1-3-16(6-10(18)15-2)12(19)8-4-7(13)5-9(11(8)14)17(20)21/h4-5H,3,6H2,1-2H3,(H,15,18). The molecule has 9 heteroatoms. The highest BCUT2D eigenvalue weighted by Crippen LogP contribution is 2.23. The maximum absolute atomic E-state index is 13.9. The number of nitrogens with one attached hydrogen (secondary N) is 1. The molecule has 0 aliphatic heterocycles. The lowest BCUT2D eigenvalue weighted by atomic mass is 10.1. The summed E-state index contributed by atoms with van der Waals surface area (Å²) in [5.41, 5.74) is -1.92. The smallest absolute Gasteiger partial charge is 0.308 e. The normalized spacial score (nSPS) is 10.1. The van der Waals surface area contributed by atoms with Gasteiger partial charge in [0.15, 0.2) is 0 Å². The number of rotatable bonds is 5. The highest BCUT2D eigenvalue weighted by Gasteiger charge is 2.27. The highest BCUT2D eigenvalue weighted by atomic mass is 19.1. The van der Waals surface area contributed by atoms with Gasteiger partial charge in [0, 0.05) is 13.6 Å². The Morgan fingerprint density at radius 2 is 2.00 bits per heavy atom. The van der Waals surface area contributed by atoms with Crippen molar-refractivity contribution in [1.82, 2.24) is 10.2 Å². The number of carbonyl (C=O) groups excluding carboxylic acids is 2. The molecule has 1 aromatic rings. The van der Waals surface area contributed by atoms with Crippen LogP contribution in [0.1, 0.15) is 17.3 Å². The van der Waals surface area contributed by atoms with Crippen LogP contribution in [0, 0.1) is 21.7 Å². The van der Waals surface area contributed by atoms with Crippen molar-refractivity contribution >= 4 is 17.5 Å². The third-order valence-electron chi connectivity index (χ3n) is 2.73. The van der Waals surface area contributed by atoms with E-state index in [2.05, 4.69) is 5.32 Å². The number of halogens is 2.